The predicted octanol–water partition coefficient (Wildman–Crippen LogP) is 2.71. The Bertz CT molecular complexity index is 609. The van der Waals surface area contributed by atoms with Crippen molar-refractivity contribution in [2.24, 2.45) is 4.99 Å². The standard InChI is InChI=1S/C20H34N4O3/c1-20(2,3)17-12-22-18(27-17)13-23-19(21-4)24-9-7-15(8-10-24)26-14-16-6-5-11-25-16/h12,15-16H,5-11,13-14H2,1-4H3,(H,21,23). The van der Waals surface area contributed by atoms with E-state index in [0.29, 0.717) is 24.6 Å². The summed E-state index contributed by atoms with van der Waals surface area (Å²) in [4.78, 5) is 11.1. The van der Waals surface area contributed by atoms with E-state index in [4.69, 9.17) is 13.9 Å². The molecule has 0 radical (unpaired) electrons. The molecule has 7 nitrogen and oxygen atoms in total. The van der Waals surface area contributed by atoms with Crippen LogP contribution >= 0.6 is 0 Å². The average Bonchev–Trinajstić information content (AvgIpc) is 3.33. The molecular weight excluding hydrogens is 344 g/mol. The van der Waals surface area contributed by atoms with E-state index in [2.05, 4.69) is 41.0 Å². The SMILES string of the molecule is CN=C(NCc1ncc(C(C)(C)C)o1)N1CCC(OCC2CCCO2)CC1. The number of likely N-dealkylation sites (tertiary alicyclic amines) is 1. The number of hydrogen-bond acceptors (Lipinski definition) is 5. The molecule has 1 N–H and O–H groups in total. The fraction of sp³-hybridized carbons (Fsp3) is 0.800. The van der Waals surface area contributed by atoms with Crippen LogP contribution in [-0.2, 0) is 21.4 Å². The Hall–Kier alpha value is -1.60. The number of hydrogen-bond donors (Lipinski definition) is 1. The van der Waals surface area contributed by atoms with Crippen LogP contribution in [0.5, 0.6) is 0 Å². The average molecular weight is 379 g/mol. The highest BCUT2D eigenvalue weighted by molar-refractivity contribution is 5.79. The van der Waals surface area contributed by atoms with Crippen molar-refractivity contribution in [3.8, 4) is 0 Å². The molecule has 3 heterocycles. The van der Waals surface area contributed by atoms with Crippen LogP contribution in [0.25, 0.3) is 0 Å². The maximum atomic E-state index is 6.06. The molecule has 0 spiro atoms. The zero-order chi connectivity index (χ0) is 19.3. The van der Waals surface area contributed by atoms with Gasteiger partial charge in [-0.2, -0.15) is 0 Å². The van der Waals surface area contributed by atoms with Crippen LogP contribution in [0.2, 0.25) is 0 Å². The van der Waals surface area contributed by atoms with Gasteiger partial charge >= 0.3 is 0 Å². The van der Waals surface area contributed by atoms with Crippen molar-refractivity contribution in [2.75, 3.05) is 33.4 Å². The van der Waals surface area contributed by atoms with Crippen LogP contribution in [0.1, 0.15) is 58.1 Å². The van der Waals surface area contributed by atoms with Crippen molar-refractivity contribution >= 4 is 5.96 Å². The summed E-state index contributed by atoms with van der Waals surface area (Å²) in [6.45, 7) is 10.4. The highest BCUT2D eigenvalue weighted by Gasteiger charge is 2.24. The van der Waals surface area contributed by atoms with Crippen LogP contribution in [0.3, 0.4) is 0 Å². The van der Waals surface area contributed by atoms with Crippen LogP contribution < -0.4 is 5.32 Å². The van der Waals surface area contributed by atoms with Gasteiger partial charge in [-0.25, -0.2) is 4.98 Å². The summed E-state index contributed by atoms with van der Waals surface area (Å²) in [6.07, 6.45) is 6.77. The van der Waals surface area contributed by atoms with Gasteiger partial charge in [-0.05, 0) is 25.7 Å². The van der Waals surface area contributed by atoms with Gasteiger partial charge in [0.05, 0.1) is 31.6 Å². The van der Waals surface area contributed by atoms with E-state index in [1.165, 1.54) is 0 Å². The minimum absolute atomic E-state index is 0.0294. The lowest BCUT2D eigenvalue weighted by molar-refractivity contribution is -0.0367. The van der Waals surface area contributed by atoms with Crippen molar-refractivity contribution in [2.45, 2.75) is 70.6 Å². The molecule has 1 unspecified atom stereocenters. The Morgan fingerprint density at radius 1 is 1.33 bits per heavy atom. The van der Waals surface area contributed by atoms with Crippen molar-refractivity contribution in [1.29, 1.82) is 0 Å². The van der Waals surface area contributed by atoms with Gasteiger partial charge in [-0.15, -0.1) is 0 Å². The Morgan fingerprint density at radius 3 is 2.70 bits per heavy atom. The fourth-order valence-corrected chi connectivity index (χ4v) is 3.48. The number of nitrogens with zero attached hydrogens (tertiary/aromatic N) is 3. The Balaban J connectivity index is 1.41. The summed E-state index contributed by atoms with van der Waals surface area (Å²) in [7, 11) is 1.82. The molecule has 7 heteroatoms. The third kappa shape index (κ3) is 5.69. The second-order valence-electron chi connectivity index (χ2n) is 8.42. The van der Waals surface area contributed by atoms with Gasteiger partial charge in [0, 0.05) is 32.2 Å². The van der Waals surface area contributed by atoms with Gasteiger partial charge in [0.15, 0.2) is 5.96 Å². The molecule has 0 saturated carbocycles. The number of nitrogens with one attached hydrogen (secondary N) is 1. The number of oxazole rings is 1. The molecule has 2 aliphatic rings. The van der Waals surface area contributed by atoms with E-state index in [1.54, 1.807) is 0 Å². The zero-order valence-electron chi connectivity index (χ0n) is 17.2. The summed E-state index contributed by atoms with van der Waals surface area (Å²) in [6, 6.07) is 0. The van der Waals surface area contributed by atoms with E-state index in [-0.39, 0.29) is 5.41 Å². The first-order valence-corrected chi connectivity index (χ1v) is 10.1. The Morgan fingerprint density at radius 2 is 2.11 bits per heavy atom. The number of ether oxygens (including phenoxy) is 2. The molecule has 152 valence electrons. The number of aromatic nitrogens is 1. The molecule has 0 aromatic carbocycles. The predicted molar refractivity (Wildman–Crippen MR) is 105 cm³/mol. The Kier molecular flexibility index (Phi) is 6.76. The van der Waals surface area contributed by atoms with Crippen LogP contribution in [0.4, 0.5) is 0 Å². The normalized spacial score (nSPS) is 22.4. The van der Waals surface area contributed by atoms with Gasteiger partial charge < -0.3 is 24.1 Å². The maximum Gasteiger partial charge on any atom is 0.213 e. The van der Waals surface area contributed by atoms with Crippen molar-refractivity contribution < 1.29 is 13.9 Å². The molecule has 1 atom stereocenters. The number of guanidine groups is 1. The largest absolute Gasteiger partial charge is 0.443 e. The Labute approximate surface area is 162 Å². The van der Waals surface area contributed by atoms with Gasteiger partial charge in [-0.1, -0.05) is 20.8 Å². The summed E-state index contributed by atoms with van der Waals surface area (Å²) in [5.74, 6) is 2.48. The molecule has 2 fully saturated rings. The number of rotatable bonds is 5. The lowest BCUT2D eigenvalue weighted by Gasteiger charge is -2.34. The summed E-state index contributed by atoms with van der Waals surface area (Å²) in [5, 5.41) is 3.37. The molecule has 1 aromatic rings. The van der Waals surface area contributed by atoms with Crippen LogP contribution in [-0.4, -0.2) is 61.4 Å². The van der Waals surface area contributed by atoms with Crippen LogP contribution in [0.15, 0.2) is 15.6 Å². The van der Waals surface area contributed by atoms with Gasteiger partial charge in [0.2, 0.25) is 5.89 Å². The van der Waals surface area contributed by atoms with Gasteiger partial charge in [0.25, 0.3) is 0 Å². The lowest BCUT2D eigenvalue weighted by atomic mass is 9.94. The quantitative estimate of drug-likeness (QED) is 0.627. The summed E-state index contributed by atoms with van der Waals surface area (Å²) >= 11 is 0. The monoisotopic (exact) mass is 378 g/mol. The second kappa shape index (κ2) is 9.06. The molecule has 0 bridgehead atoms. The highest BCUT2D eigenvalue weighted by atomic mass is 16.5. The zero-order valence-corrected chi connectivity index (χ0v) is 17.2. The molecule has 2 saturated heterocycles. The first kappa shape index (κ1) is 20.1. The van der Waals surface area contributed by atoms with Crippen molar-refractivity contribution in [3.63, 3.8) is 0 Å². The maximum absolute atomic E-state index is 6.06. The van der Waals surface area contributed by atoms with E-state index >= 15 is 0 Å². The van der Waals surface area contributed by atoms with Gasteiger partial charge in [-0.3, -0.25) is 4.99 Å². The molecule has 27 heavy (non-hydrogen) atoms. The van der Waals surface area contributed by atoms with Crippen molar-refractivity contribution in [1.82, 2.24) is 15.2 Å². The first-order valence-electron chi connectivity index (χ1n) is 10.1. The summed E-state index contributed by atoms with van der Waals surface area (Å²) in [5.41, 5.74) is -0.0294. The topological polar surface area (TPSA) is 72.1 Å². The molecule has 1 aromatic heterocycles. The van der Waals surface area contributed by atoms with E-state index in [9.17, 15) is 0 Å². The van der Waals surface area contributed by atoms with E-state index in [0.717, 1.165) is 63.7 Å². The third-order valence-corrected chi connectivity index (χ3v) is 5.19. The molecule has 2 aliphatic heterocycles. The summed E-state index contributed by atoms with van der Waals surface area (Å²) < 4.78 is 17.5. The highest BCUT2D eigenvalue weighted by Crippen LogP contribution is 2.22. The minimum atomic E-state index is -0.0294. The molecule has 0 aliphatic carbocycles. The van der Waals surface area contributed by atoms with E-state index in [1.807, 2.05) is 13.2 Å². The van der Waals surface area contributed by atoms with Gasteiger partial charge in [0.1, 0.15) is 5.76 Å². The first-order chi connectivity index (χ1) is 13.0. The lowest BCUT2D eigenvalue weighted by Crippen LogP contribution is -2.47. The minimum Gasteiger partial charge on any atom is -0.443 e. The third-order valence-electron chi connectivity index (χ3n) is 5.19. The molecular formula is C20H34N4O3. The number of aliphatic imine (C=N–C) groups is 1. The number of piperidine rings is 1. The molecule has 3 rings (SSSR count). The van der Waals surface area contributed by atoms with Crippen molar-refractivity contribution in [3.05, 3.63) is 17.8 Å². The second-order valence-corrected chi connectivity index (χ2v) is 8.42. The van der Waals surface area contributed by atoms with Crippen LogP contribution in [0, 0.1) is 0 Å². The molecule has 0 amide bonds. The smallest absolute Gasteiger partial charge is 0.213 e. The fourth-order valence-electron chi connectivity index (χ4n) is 3.48. The van der Waals surface area contributed by atoms with E-state index < -0.39 is 0 Å².